The van der Waals surface area contributed by atoms with Crippen molar-refractivity contribution in [2.75, 3.05) is 6.54 Å². The molecule has 0 bridgehead atoms. The molecule has 7 atom stereocenters. The van der Waals surface area contributed by atoms with Crippen molar-refractivity contribution in [2.45, 2.75) is 168 Å². The number of fused-ring (bicyclic) bond motifs is 2. The highest BCUT2D eigenvalue weighted by molar-refractivity contribution is 7.18. The maximum atomic E-state index is 14.5. The van der Waals surface area contributed by atoms with E-state index < -0.39 is 53.8 Å². The summed E-state index contributed by atoms with van der Waals surface area (Å²) in [6.07, 6.45) is 9.86. The Kier molecular flexibility index (Phi) is 18.3. The Labute approximate surface area is 403 Å². The van der Waals surface area contributed by atoms with Gasteiger partial charge in [0.2, 0.25) is 0 Å². The number of carbonyl (C=O) groups excluding carboxylic acids is 6. The van der Waals surface area contributed by atoms with Crippen molar-refractivity contribution >= 4 is 57.2 Å². The SMILES string of the molecule is C=CC[C@H]1C(=O)C(C)(C)[C@@H](OC(=O)OCc2ccc(OC(=O)CCCCCCCCCCN3C(=O)C=CC3=O)cc2)CC(=O)O[C@H](c2ccc3sc(C)nc3c2)C[C@@H]2O[C@]2(C)CCC[C@H](C)[C@@H]1O. The number of benzene rings is 2. The number of nitrogens with zero attached hydrogens (tertiary/aromatic N) is 2. The number of amides is 2. The third-order valence-electron chi connectivity index (χ3n) is 13.7. The van der Waals surface area contributed by atoms with E-state index in [9.17, 15) is 33.9 Å². The zero-order valence-corrected chi connectivity index (χ0v) is 41.0. The third kappa shape index (κ3) is 14.2. The lowest BCUT2D eigenvalue weighted by Gasteiger charge is -2.37. The predicted octanol–water partition coefficient (Wildman–Crippen LogP) is 10.2. The molecule has 4 heterocycles. The molecule has 2 aromatic carbocycles. The number of imide groups is 1. The molecule has 68 heavy (non-hydrogen) atoms. The number of esters is 2. The summed E-state index contributed by atoms with van der Waals surface area (Å²) >= 11 is 1.58. The number of aliphatic hydroxyl groups is 1. The molecule has 0 spiro atoms. The highest BCUT2D eigenvalue weighted by atomic mass is 32.1. The van der Waals surface area contributed by atoms with Gasteiger partial charge in [-0.1, -0.05) is 76.1 Å². The van der Waals surface area contributed by atoms with E-state index in [0.717, 1.165) is 78.6 Å². The number of allylic oxidation sites excluding steroid dienone is 1. The van der Waals surface area contributed by atoms with Gasteiger partial charge in [0.1, 0.15) is 30.3 Å². The molecule has 1 N–H and O–H groups in total. The van der Waals surface area contributed by atoms with Crippen LogP contribution in [0.4, 0.5) is 4.79 Å². The van der Waals surface area contributed by atoms with E-state index in [0.29, 0.717) is 37.1 Å². The number of aliphatic hydroxyl groups excluding tert-OH is 1. The van der Waals surface area contributed by atoms with Gasteiger partial charge in [-0.2, -0.15) is 0 Å². The number of thiazole rings is 1. The number of aryl methyl sites for hydroxylation is 1. The first-order valence-corrected chi connectivity index (χ1v) is 25.0. The smallest absolute Gasteiger partial charge is 0.457 e. The summed E-state index contributed by atoms with van der Waals surface area (Å²) in [6.45, 7) is 13.2. The summed E-state index contributed by atoms with van der Waals surface area (Å²) in [4.78, 5) is 83.8. The molecular weight excluding hydrogens is 889 g/mol. The van der Waals surface area contributed by atoms with Crippen LogP contribution in [0.5, 0.6) is 5.75 Å². The molecule has 0 aliphatic carbocycles. The minimum atomic E-state index is -1.47. The van der Waals surface area contributed by atoms with Gasteiger partial charge < -0.3 is 28.8 Å². The molecule has 3 aromatic rings. The lowest BCUT2D eigenvalue weighted by Crippen LogP contribution is -2.48. The van der Waals surface area contributed by atoms with E-state index in [1.54, 1.807) is 55.5 Å². The van der Waals surface area contributed by atoms with Crippen LogP contribution in [0.15, 0.2) is 67.3 Å². The van der Waals surface area contributed by atoms with Crippen molar-refractivity contribution in [1.82, 2.24) is 9.88 Å². The minimum absolute atomic E-state index is 0.181. The van der Waals surface area contributed by atoms with Crippen LogP contribution >= 0.6 is 11.3 Å². The molecule has 2 saturated heterocycles. The molecule has 3 aliphatic heterocycles. The summed E-state index contributed by atoms with van der Waals surface area (Å²) in [7, 11) is 0. The maximum absolute atomic E-state index is 14.5. The van der Waals surface area contributed by atoms with Crippen molar-refractivity contribution in [1.29, 1.82) is 0 Å². The zero-order chi connectivity index (χ0) is 49.0. The number of hydrogen-bond acceptors (Lipinski definition) is 14. The Morgan fingerprint density at radius 1 is 0.956 bits per heavy atom. The van der Waals surface area contributed by atoms with E-state index in [4.69, 9.17) is 23.7 Å². The van der Waals surface area contributed by atoms with E-state index in [1.807, 2.05) is 39.0 Å². The summed E-state index contributed by atoms with van der Waals surface area (Å²) in [6, 6.07) is 12.4. The van der Waals surface area contributed by atoms with Gasteiger partial charge in [-0.15, -0.1) is 17.9 Å². The van der Waals surface area contributed by atoms with Gasteiger partial charge in [0, 0.05) is 37.5 Å². The zero-order valence-electron chi connectivity index (χ0n) is 40.2. The first kappa shape index (κ1) is 52.1. The second-order valence-electron chi connectivity index (χ2n) is 19.4. The van der Waals surface area contributed by atoms with Crippen molar-refractivity contribution in [2.24, 2.45) is 17.3 Å². The number of cyclic esters (lactones) is 1. The van der Waals surface area contributed by atoms with Crippen LogP contribution in [-0.2, 0) is 49.5 Å². The highest BCUT2D eigenvalue weighted by Crippen LogP contribution is 2.47. The number of carbonyl (C=O) groups is 6. The average Bonchev–Trinajstić information content (AvgIpc) is 3.58. The number of aromatic nitrogens is 1. The van der Waals surface area contributed by atoms with E-state index >= 15 is 0 Å². The van der Waals surface area contributed by atoms with E-state index in [1.165, 1.54) is 17.1 Å². The maximum Gasteiger partial charge on any atom is 0.508 e. The van der Waals surface area contributed by atoms with Gasteiger partial charge >= 0.3 is 18.1 Å². The first-order chi connectivity index (χ1) is 32.5. The Morgan fingerprint density at radius 3 is 2.32 bits per heavy atom. The molecule has 14 nitrogen and oxygen atoms in total. The van der Waals surface area contributed by atoms with Gasteiger partial charge in [0.25, 0.3) is 11.8 Å². The molecule has 2 amide bonds. The molecular formula is C53H68N2O12S. The van der Waals surface area contributed by atoms with Gasteiger partial charge in [-0.05, 0) is 101 Å². The van der Waals surface area contributed by atoms with E-state index in [-0.39, 0.29) is 55.0 Å². The number of unbranched alkanes of at least 4 members (excludes halogenated alkanes) is 7. The van der Waals surface area contributed by atoms with Crippen LogP contribution in [0.2, 0.25) is 0 Å². The van der Waals surface area contributed by atoms with E-state index in [2.05, 4.69) is 11.6 Å². The summed E-state index contributed by atoms with van der Waals surface area (Å²) in [5.41, 5.74) is 0.228. The monoisotopic (exact) mass is 956 g/mol. The Balaban J connectivity index is 1.02. The second kappa shape index (κ2) is 23.9. The first-order valence-electron chi connectivity index (χ1n) is 24.2. The number of hydrogen-bond donors (Lipinski definition) is 1. The van der Waals surface area contributed by atoms with Crippen molar-refractivity contribution in [3.05, 3.63) is 83.4 Å². The minimum Gasteiger partial charge on any atom is -0.457 e. The lowest BCUT2D eigenvalue weighted by molar-refractivity contribution is -0.157. The largest absolute Gasteiger partial charge is 0.508 e. The summed E-state index contributed by atoms with van der Waals surface area (Å²) in [5, 5.41) is 12.5. The van der Waals surface area contributed by atoms with Crippen LogP contribution in [0, 0.1) is 24.2 Å². The number of ether oxygens (including phenoxy) is 5. The number of rotatable bonds is 18. The fourth-order valence-corrected chi connectivity index (χ4v) is 10.1. The molecule has 368 valence electrons. The Hall–Kier alpha value is -5.25. The summed E-state index contributed by atoms with van der Waals surface area (Å²) < 4.78 is 30.4. The molecule has 3 aliphatic rings. The summed E-state index contributed by atoms with van der Waals surface area (Å²) in [5.74, 6) is -2.66. The molecule has 1 aromatic heterocycles. The molecule has 0 radical (unpaired) electrons. The molecule has 6 rings (SSSR count). The standard InChI is InChI=1S/C53H68N2O12S/c1-7-17-39-49(60)34(2)18-16-28-53(6)44(67-53)31-41(37-22-25-42-40(30-37)54-35(3)68-42)65-48(59)32-43(52(4,5)50(39)61)66-51(62)63-33-36-20-23-38(24-21-36)64-47(58)19-14-12-10-8-9-11-13-15-29-55-45(56)26-27-46(55)57/h7,20-27,30,34,39,41,43-44,49,60H,1,8-19,28-29,31-33H2,2-6H3/t34-,39+,41-,43-,44-,49-,53+/m0/s1. The highest BCUT2D eigenvalue weighted by Gasteiger charge is 2.53. The van der Waals surface area contributed by atoms with Crippen LogP contribution in [0.25, 0.3) is 10.2 Å². The molecule has 0 saturated carbocycles. The van der Waals surface area contributed by atoms with Crippen LogP contribution in [0.3, 0.4) is 0 Å². The number of epoxide rings is 1. The predicted molar refractivity (Wildman–Crippen MR) is 256 cm³/mol. The fourth-order valence-electron chi connectivity index (χ4n) is 9.26. The number of Topliss-reactive ketones (excluding diaryl/α,β-unsaturated/α-hetero) is 1. The van der Waals surface area contributed by atoms with Crippen LogP contribution in [-0.4, -0.2) is 81.1 Å². The second-order valence-corrected chi connectivity index (χ2v) is 20.6. The molecule has 2 fully saturated rings. The van der Waals surface area contributed by atoms with Gasteiger partial charge in [-0.3, -0.25) is 28.9 Å². The van der Waals surface area contributed by atoms with Gasteiger partial charge in [0.05, 0.1) is 44.9 Å². The number of ketones is 1. The average molecular weight is 957 g/mol. The molecule has 15 heteroatoms. The normalized spacial score (nSPS) is 25.5. The van der Waals surface area contributed by atoms with Gasteiger partial charge in [0.15, 0.2) is 0 Å². The van der Waals surface area contributed by atoms with Crippen LogP contribution < -0.4 is 4.74 Å². The Bertz CT molecular complexity index is 2290. The quantitative estimate of drug-likeness (QED) is 0.0317. The third-order valence-corrected chi connectivity index (χ3v) is 14.6. The van der Waals surface area contributed by atoms with Crippen LogP contribution in [0.1, 0.15) is 146 Å². The fraction of sp³-hybridized carbons (Fsp3) is 0.566. The topological polar surface area (TPSA) is 188 Å². The molecule has 0 unspecified atom stereocenters. The lowest BCUT2D eigenvalue weighted by atomic mass is 9.71. The van der Waals surface area contributed by atoms with Crippen molar-refractivity contribution in [3.8, 4) is 5.75 Å². The van der Waals surface area contributed by atoms with Crippen molar-refractivity contribution < 1.29 is 57.6 Å². The van der Waals surface area contributed by atoms with Crippen molar-refractivity contribution in [3.63, 3.8) is 0 Å². The van der Waals surface area contributed by atoms with Gasteiger partial charge in [-0.25, -0.2) is 9.78 Å². The Morgan fingerprint density at radius 2 is 1.63 bits per heavy atom.